The average Bonchev–Trinajstić information content (AvgIpc) is 2.80. The predicted octanol–water partition coefficient (Wildman–Crippen LogP) is 5.25. The molecular formula is C21H29NO2. The molecule has 0 saturated heterocycles. The second-order valence-corrected chi connectivity index (χ2v) is 7.73. The Kier molecular flexibility index (Phi) is 5.22. The van der Waals surface area contributed by atoms with E-state index >= 15 is 0 Å². The molecule has 0 aliphatic carbocycles. The number of aryl methyl sites for hydroxylation is 1. The van der Waals surface area contributed by atoms with Crippen LogP contribution in [-0.2, 0) is 5.54 Å². The molecule has 1 heterocycles. The molecule has 1 aromatic carbocycles. The quantitative estimate of drug-likeness (QED) is 0.703. The number of carbonyl (C=O) groups is 1. The van der Waals surface area contributed by atoms with Gasteiger partial charge in [0.25, 0.3) is 0 Å². The second-order valence-electron chi connectivity index (χ2n) is 7.73. The van der Waals surface area contributed by atoms with Crippen LogP contribution in [0.1, 0.15) is 67.8 Å². The lowest BCUT2D eigenvalue weighted by atomic mass is 10.0. The largest absolute Gasteiger partial charge is 0.485 e. The highest BCUT2D eigenvalue weighted by atomic mass is 16.5. The number of hydrogen-bond donors (Lipinski definition) is 0. The number of Topliss-reactive ketones (excluding diaryl/α,β-unsaturated/α-hetero) is 1. The maximum absolute atomic E-state index is 12.6. The third-order valence-electron chi connectivity index (χ3n) is 4.32. The fourth-order valence-electron chi connectivity index (χ4n) is 3.25. The number of nitrogens with zero attached hydrogens (tertiary/aromatic N) is 1. The molecule has 0 radical (unpaired) electrons. The topological polar surface area (TPSA) is 31.2 Å². The smallest absolute Gasteiger partial charge is 0.202 e. The van der Waals surface area contributed by atoms with E-state index in [0.29, 0.717) is 5.92 Å². The first kappa shape index (κ1) is 18.3. The number of carbonyl (C=O) groups excluding carboxylic acids is 1. The molecule has 0 N–H and O–H groups in total. The molecule has 0 fully saturated rings. The van der Waals surface area contributed by atoms with Gasteiger partial charge < -0.3 is 9.30 Å². The molecule has 3 nitrogen and oxygen atoms in total. The summed E-state index contributed by atoms with van der Waals surface area (Å²) in [5.74, 6) is 1.24. The minimum Gasteiger partial charge on any atom is -0.485 e. The summed E-state index contributed by atoms with van der Waals surface area (Å²) >= 11 is 0. The number of benzene rings is 1. The molecule has 0 amide bonds. The molecule has 0 saturated carbocycles. The van der Waals surface area contributed by atoms with E-state index in [-0.39, 0.29) is 17.9 Å². The van der Waals surface area contributed by atoms with Crippen LogP contribution in [0.2, 0.25) is 0 Å². The zero-order chi connectivity index (χ0) is 18.1. The van der Waals surface area contributed by atoms with Crippen molar-refractivity contribution in [3.05, 3.63) is 52.8 Å². The van der Waals surface area contributed by atoms with E-state index in [2.05, 4.69) is 51.3 Å². The number of aromatic nitrogens is 1. The van der Waals surface area contributed by atoms with Crippen molar-refractivity contribution in [1.29, 1.82) is 0 Å². The molecule has 2 rings (SSSR count). The van der Waals surface area contributed by atoms with Crippen LogP contribution in [0.4, 0.5) is 0 Å². The summed E-state index contributed by atoms with van der Waals surface area (Å²) < 4.78 is 7.89. The molecule has 0 atom stereocenters. The zero-order valence-electron chi connectivity index (χ0n) is 15.9. The van der Waals surface area contributed by atoms with Gasteiger partial charge >= 0.3 is 0 Å². The van der Waals surface area contributed by atoms with Crippen molar-refractivity contribution in [2.45, 2.75) is 59.9 Å². The number of ketones is 1. The average molecular weight is 327 g/mol. The van der Waals surface area contributed by atoms with Crippen molar-refractivity contribution in [2.24, 2.45) is 0 Å². The highest BCUT2D eigenvalue weighted by molar-refractivity contribution is 5.98. The van der Waals surface area contributed by atoms with Crippen molar-refractivity contribution >= 4 is 5.78 Å². The Balaban J connectivity index is 2.11. The molecule has 0 spiro atoms. The highest BCUT2D eigenvalue weighted by Crippen LogP contribution is 2.25. The lowest BCUT2D eigenvalue weighted by Gasteiger charge is -2.25. The number of rotatable bonds is 5. The first-order valence-electron chi connectivity index (χ1n) is 8.56. The third-order valence-corrected chi connectivity index (χ3v) is 4.32. The summed E-state index contributed by atoms with van der Waals surface area (Å²) in [5, 5.41) is 0. The van der Waals surface area contributed by atoms with Gasteiger partial charge in [-0.05, 0) is 64.3 Å². The Hall–Kier alpha value is -2.03. The Labute approximate surface area is 145 Å². The predicted molar refractivity (Wildman–Crippen MR) is 99.3 cm³/mol. The zero-order valence-corrected chi connectivity index (χ0v) is 15.9. The minimum absolute atomic E-state index is 0.0199. The molecule has 24 heavy (non-hydrogen) atoms. The molecule has 0 bridgehead atoms. The minimum atomic E-state index is -0.0414. The SMILES string of the molecule is Cc1cc(C(=O)COc2ccc(C(C)C)cc2)c(C)n1C(C)(C)C. The van der Waals surface area contributed by atoms with Gasteiger partial charge in [0.1, 0.15) is 5.75 Å². The van der Waals surface area contributed by atoms with Gasteiger partial charge in [-0.15, -0.1) is 0 Å². The molecular weight excluding hydrogens is 298 g/mol. The first-order chi connectivity index (χ1) is 11.1. The third kappa shape index (κ3) is 3.89. The fraction of sp³-hybridized carbons (Fsp3) is 0.476. The van der Waals surface area contributed by atoms with Gasteiger partial charge in [-0.3, -0.25) is 4.79 Å². The van der Waals surface area contributed by atoms with E-state index < -0.39 is 0 Å². The van der Waals surface area contributed by atoms with Crippen LogP contribution >= 0.6 is 0 Å². The monoisotopic (exact) mass is 327 g/mol. The summed E-state index contributed by atoms with van der Waals surface area (Å²) in [4.78, 5) is 12.6. The van der Waals surface area contributed by atoms with Gasteiger partial charge in [0, 0.05) is 22.5 Å². The van der Waals surface area contributed by atoms with E-state index in [9.17, 15) is 4.79 Å². The standard InChI is InChI=1S/C21H29NO2/c1-14(2)17-8-10-18(11-9-17)24-13-20(23)19-12-15(3)22(16(19)4)21(5,6)7/h8-12,14H,13H2,1-7H3. The molecule has 130 valence electrons. The normalized spacial score (nSPS) is 11.8. The van der Waals surface area contributed by atoms with Gasteiger partial charge in [-0.1, -0.05) is 26.0 Å². The second kappa shape index (κ2) is 6.84. The molecule has 0 aliphatic rings. The molecule has 1 aromatic heterocycles. The van der Waals surface area contributed by atoms with Crippen molar-refractivity contribution in [3.63, 3.8) is 0 Å². The van der Waals surface area contributed by atoms with E-state index in [1.54, 1.807) is 0 Å². The van der Waals surface area contributed by atoms with E-state index in [1.165, 1.54) is 5.56 Å². The highest BCUT2D eigenvalue weighted by Gasteiger charge is 2.22. The summed E-state index contributed by atoms with van der Waals surface area (Å²) in [6, 6.07) is 9.93. The maximum Gasteiger partial charge on any atom is 0.202 e. The van der Waals surface area contributed by atoms with Gasteiger partial charge in [0.2, 0.25) is 5.78 Å². The van der Waals surface area contributed by atoms with Crippen LogP contribution in [0.25, 0.3) is 0 Å². The summed E-state index contributed by atoms with van der Waals surface area (Å²) in [5.41, 5.74) is 4.08. The molecule has 0 unspecified atom stereocenters. The van der Waals surface area contributed by atoms with Crippen LogP contribution in [0.3, 0.4) is 0 Å². The van der Waals surface area contributed by atoms with Crippen LogP contribution in [-0.4, -0.2) is 17.0 Å². The summed E-state index contributed by atoms with van der Waals surface area (Å²) in [6.45, 7) is 14.9. The van der Waals surface area contributed by atoms with E-state index in [0.717, 1.165) is 22.7 Å². The van der Waals surface area contributed by atoms with Crippen molar-refractivity contribution < 1.29 is 9.53 Å². The Morgan fingerprint density at radius 2 is 1.71 bits per heavy atom. The van der Waals surface area contributed by atoms with Crippen molar-refractivity contribution in [2.75, 3.05) is 6.61 Å². The van der Waals surface area contributed by atoms with E-state index in [1.807, 2.05) is 32.0 Å². The summed E-state index contributed by atoms with van der Waals surface area (Å²) in [6.07, 6.45) is 0. The Bertz CT molecular complexity index is 716. The van der Waals surface area contributed by atoms with Gasteiger partial charge in [-0.2, -0.15) is 0 Å². The van der Waals surface area contributed by atoms with E-state index in [4.69, 9.17) is 4.74 Å². The lowest BCUT2D eigenvalue weighted by Crippen LogP contribution is -2.24. The Morgan fingerprint density at radius 3 is 2.17 bits per heavy atom. The van der Waals surface area contributed by atoms with Crippen LogP contribution in [0.15, 0.2) is 30.3 Å². The molecule has 2 aromatic rings. The maximum atomic E-state index is 12.6. The summed E-state index contributed by atoms with van der Waals surface area (Å²) in [7, 11) is 0. The molecule has 3 heteroatoms. The number of ether oxygens (including phenoxy) is 1. The first-order valence-corrected chi connectivity index (χ1v) is 8.56. The van der Waals surface area contributed by atoms with Gasteiger partial charge in [-0.25, -0.2) is 0 Å². The van der Waals surface area contributed by atoms with Crippen LogP contribution < -0.4 is 4.74 Å². The van der Waals surface area contributed by atoms with Crippen molar-refractivity contribution in [3.8, 4) is 5.75 Å². The Morgan fingerprint density at radius 1 is 1.12 bits per heavy atom. The fourth-order valence-corrected chi connectivity index (χ4v) is 3.25. The van der Waals surface area contributed by atoms with Crippen LogP contribution in [0, 0.1) is 13.8 Å². The molecule has 0 aliphatic heterocycles. The van der Waals surface area contributed by atoms with Crippen molar-refractivity contribution in [1.82, 2.24) is 4.57 Å². The van der Waals surface area contributed by atoms with Gasteiger partial charge in [0.15, 0.2) is 6.61 Å². The van der Waals surface area contributed by atoms with Crippen LogP contribution in [0.5, 0.6) is 5.75 Å². The lowest BCUT2D eigenvalue weighted by molar-refractivity contribution is 0.0920. The van der Waals surface area contributed by atoms with Gasteiger partial charge in [0.05, 0.1) is 0 Å². The number of hydrogen-bond acceptors (Lipinski definition) is 2.